The second-order valence-electron chi connectivity index (χ2n) is 13.3. The van der Waals surface area contributed by atoms with Gasteiger partial charge in [-0.25, -0.2) is 14.4 Å². The number of aliphatic hydroxyl groups is 1. The summed E-state index contributed by atoms with van der Waals surface area (Å²) in [5, 5.41) is 19.0. The number of carbonyl (C=O) groups excluding carboxylic acids is 2. The predicted molar refractivity (Wildman–Crippen MR) is 166 cm³/mol. The van der Waals surface area contributed by atoms with E-state index in [1.54, 1.807) is 25.2 Å². The number of allylic oxidation sites excluding steroid dienone is 3. The second-order valence-corrected chi connectivity index (χ2v) is 13.3. The average Bonchev–Trinajstić information content (AvgIpc) is 3.78. The molecule has 2 saturated heterocycles. The molecule has 2 N–H and O–H groups in total. The zero-order valence-electron chi connectivity index (χ0n) is 27.1. The van der Waals surface area contributed by atoms with Crippen molar-refractivity contribution < 1.29 is 53.0 Å². The maximum Gasteiger partial charge on any atom is 0.331 e. The third kappa shape index (κ3) is 6.66. The van der Waals surface area contributed by atoms with E-state index >= 15 is 0 Å². The van der Waals surface area contributed by atoms with E-state index in [2.05, 4.69) is 19.9 Å². The summed E-state index contributed by atoms with van der Waals surface area (Å²) in [6.07, 6.45) is 11.6. The Hall–Kier alpha value is -3.09. The van der Waals surface area contributed by atoms with Gasteiger partial charge in [0.05, 0.1) is 50.2 Å². The van der Waals surface area contributed by atoms with Gasteiger partial charge < -0.3 is 38.6 Å². The van der Waals surface area contributed by atoms with E-state index in [1.807, 2.05) is 6.92 Å². The lowest BCUT2D eigenvalue weighted by molar-refractivity contribution is -0.232. The summed E-state index contributed by atoms with van der Waals surface area (Å²) in [6.45, 7) is 8.37. The van der Waals surface area contributed by atoms with Gasteiger partial charge in [0.25, 0.3) is 0 Å². The number of aliphatic hydroxyl groups excluding tert-OH is 1. The summed E-state index contributed by atoms with van der Waals surface area (Å²) in [6, 6.07) is 0. The number of hydrogen-bond acceptors (Lipinski definition) is 10. The molecule has 0 aromatic heterocycles. The Bertz CT molecular complexity index is 1340. The molecular weight excluding hydrogens is 596 g/mol. The molecule has 46 heavy (non-hydrogen) atoms. The number of carboxylic acids is 1. The van der Waals surface area contributed by atoms with Crippen molar-refractivity contribution in [3.63, 3.8) is 0 Å². The monoisotopic (exact) mass is 642 g/mol. The smallest absolute Gasteiger partial charge is 0.331 e. The minimum Gasteiger partial charge on any atom is -0.478 e. The molecular formula is C35H46O11. The highest BCUT2D eigenvalue weighted by molar-refractivity contribution is 5.83. The zero-order valence-corrected chi connectivity index (χ0v) is 27.1. The second kappa shape index (κ2) is 13.9. The lowest BCUT2D eigenvalue weighted by atomic mass is 9.51. The molecule has 3 heterocycles. The normalized spacial score (nSPS) is 39.8. The Labute approximate surface area is 269 Å². The zero-order chi connectivity index (χ0) is 33.1. The number of hydrogen-bond donors (Lipinski definition) is 2. The molecule has 11 heteroatoms. The van der Waals surface area contributed by atoms with E-state index in [4.69, 9.17) is 33.5 Å². The molecule has 0 amide bonds. The van der Waals surface area contributed by atoms with Crippen molar-refractivity contribution in [2.24, 2.45) is 10.8 Å². The molecule has 2 spiro atoms. The number of cyclic esters (lactones) is 1. The third-order valence-corrected chi connectivity index (χ3v) is 10.6. The van der Waals surface area contributed by atoms with Crippen LogP contribution in [0.25, 0.3) is 0 Å². The van der Waals surface area contributed by atoms with Crippen molar-refractivity contribution in [2.75, 3.05) is 33.0 Å². The minimum atomic E-state index is -1.01. The van der Waals surface area contributed by atoms with Crippen LogP contribution in [-0.4, -0.2) is 97.3 Å². The van der Waals surface area contributed by atoms with Crippen molar-refractivity contribution in [3.05, 3.63) is 59.3 Å². The molecule has 3 fully saturated rings. The molecule has 0 aromatic rings. The van der Waals surface area contributed by atoms with Crippen LogP contribution in [0.15, 0.2) is 59.3 Å². The highest BCUT2D eigenvalue weighted by Crippen LogP contribution is 2.72. The number of epoxide rings is 1. The van der Waals surface area contributed by atoms with E-state index in [9.17, 15) is 19.5 Å². The van der Waals surface area contributed by atoms with Gasteiger partial charge in [-0.3, -0.25) is 0 Å². The van der Waals surface area contributed by atoms with E-state index in [-0.39, 0.29) is 45.1 Å². The highest BCUT2D eigenvalue weighted by Gasteiger charge is 2.83. The maximum atomic E-state index is 13.2. The molecule has 252 valence electrons. The van der Waals surface area contributed by atoms with Crippen LogP contribution < -0.4 is 0 Å². The van der Waals surface area contributed by atoms with E-state index < -0.39 is 52.7 Å². The minimum absolute atomic E-state index is 0.0466. The number of carboxylic acid groups (broad SMARTS) is 1. The number of aliphatic carboxylic acids is 1. The van der Waals surface area contributed by atoms with Crippen molar-refractivity contribution >= 4 is 17.9 Å². The molecule has 5 aliphatic rings. The van der Waals surface area contributed by atoms with Gasteiger partial charge in [-0.15, -0.1) is 0 Å². The topological polar surface area (TPSA) is 150 Å². The van der Waals surface area contributed by atoms with Crippen LogP contribution in [0.5, 0.6) is 0 Å². The van der Waals surface area contributed by atoms with Gasteiger partial charge >= 0.3 is 17.9 Å². The molecule has 2 bridgehead atoms. The first-order chi connectivity index (χ1) is 21.9. The van der Waals surface area contributed by atoms with E-state index in [0.717, 1.165) is 12.5 Å². The molecule has 0 unspecified atom stereocenters. The van der Waals surface area contributed by atoms with E-state index in [0.29, 0.717) is 37.0 Å². The van der Waals surface area contributed by atoms with Gasteiger partial charge in [0.2, 0.25) is 0 Å². The third-order valence-electron chi connectivity index (χ3n) is 10.6. The molecule has 5 rings (SSSR count). The van der Waals surface area contributed by atoms with Gasteiger partial charge in [-0.1, -0.05) is 42.4 Å². The Kier molecular flexibility index (Phi) is 10.4. The number of esters is 2. The SMILES string of the molecule is CC1=C[C@H]2O[C@@H]3C[C@H]4OC(=O)/C=C\C=C\[C@H]([C@@H](C)OCC/C(C)=C/C(=O)O)OCC/C(CO)=C/C(=O)OC[C@@]2(CC1)[C@]4(C)[C@]31CO1. The molecule has 1 saturated carbocycles. The van der Waals surface area contributed by atoms with Gasteiger partial charge in [0.1, 0.15) is 24.4 Å². The lowest BCUT2D eigenvalue weighted by Gasteiger charge is -2.58. The van der Waals surface area contributed by atoms with Crippen LogP contribution in [0.4, 0.5) is 0 Å². The van der Waals surface area contributed by atoms with Crippen molar-refractivity contribution in [1.29, 1.82) is 0 Å². The van der Waals surface area contributed by atoms with E-state index in [1.165, 1.54) is 17.7 Å². The first kappa shape index (κ1) is 34.3. The standard InChI is InChI=1S/C35H46O11/c1-22-9-12-34-20-43-32(40)17-25(19-36)11-14-42-26(24(3)41-13-10-23(2)16-30(37)38)7-5-6-8-31(39)46-27-18-29(45-28(34)15-22)35(21-44-35)33(27,34)4/h5-8,15-17,24,26-29,36H,9-14,18-21H2,1-4H3,(H,37,38)/b7-5+,8-6-,23-16+,25-17-/t24-,26-,27-,28-,29-,33-,34-,35+/m1/s1. The molecule has 0 radical (unpaired) electrons. The van der Waals surface area contributed by atoms with Gasteiger partial charge in [0, 0.05) is 30.1 Å². The molecule has 11 nitrogen and oxygen atoms in total. The quantitative estimate of drug-likeness (QED) is 0.181. The van der Waals surface area contributed by atoms with Crippen LogP contribution in [0.1, 0.15) is 59.8 Å². The Morgan fingerprint density at radius 2 is 1.96 bits per heavy atom. The van der Waals surface area contributed by atoms with Crippen LogP contribution in [0.3, 0.4) is 0 Å². The summed E-state index contributed by atoms with van der Waals surface area (Å²) in [5.74, 6) is -2.08. The van der Waals surface area contributed by atoms with Gasteiger partial charge in [0.15, 0.2) is 0 Å². The summed E-state index contributed by atoms with van der Waals surface area (Å²) in [7, 11) is 0. The summed E-state index contributed by atoms with van der Waals surface area (Å²) < 4.78 is 36.9. The summed E-state index contributed by atoms with van der Waals surface area (Å²) in [5.41, 5.74) is 0.349. The maximum absolute atomic E-state index is 13.2. The van der Waals surface area contributed by atoms with Crippen LogP contribution in [0.2, 0.25) is 0 Å². The van der Waals surface area contributed by atoms with Crippen LogP contribution in [-0.2, 0) is 42.8 Å². The fraction of sp³-hybridized carbons (Fsp3) is 0.629. The van der Waals surface area contributed by atoms with Gasteiger partial charge in [-0.2, -0.15) is 0 Å². The first-order valence-electron chi connectivity index (χ1n) is 16.1. The largest absolute Gasteiger partial charge is 0.478 e. The lowest BCUT2D eigenvalue weighted by Crippen LogP contribution is -2.66. The fourth-order valence-electron chi connectivity index (χ4n) is 7.68. The van der Waals surface area contributed by atoms with Crippen molar-refractivity contribution in [1.82, 2.24) is 0 Å². The highest BCUT2D eigenvalue weighted by atomic mass is 16.6. The Balaban J connectivity index is 1.39. The average molecular weight is 643 g/mol. The summed E-state index contributed by atoms with van der Waals surface area (Å²) >= 11 is 0. The fourth-order valence-corrected chi connectivity index (χ4v) is 7.68. The number of ether oxygens (including phenoxy) is 6. The Morgan fingerprint density at radius 1 is 1.17 bits per heavy atom. The number of carbonyl (C=O) groups is 3. The van der Waals surface area contributed by atoms with Crippen LogP contribution >= 0.6 is 0 Å². The first-order valence-corrected chi connectivity index (χ1v) is 16.1. The van der Waals surface area contributed by atoms with Crippen LogP contribution in [0, 0.1) is 10.8 Å². The molecule has 8 atom stereocenters. The molecule has 2 aliphatic carbocycles. The molecule has 3 aliphatic heterocycles. The van der Waals surface area contributed by atoms with Crippen molar-refractivity contribution in [3.8, 4) is 0 Å². The van der Waals surface area contributed by atoms with Gasteiger partial charge in [-0.05, 0) is 52.0 Å². The number of rotatable bonds is 7. The Morgan fingerprint density at radius 3 is 2.67 bits per heavy atom. The molecule has 0 aromatic carbocycles. The summed E-state index contributed by atoms with van der Waals surface area (Å²) in [4.78, 5) is 37.3. The predicted octanol–water partition coefficient (Wildman–Crippen LogP) is 3.76. The van der Waals surface area contributed by atoms with Crippen molar-refractivity contribution in [2.45, 2.75) is 95.9 Å².